The number of pyridine rings is 1. The number of carbonyl (C=O) groups excluding carboxylic acids is 1. The summed E-state index contributed by atoms with van der Waals surface area (Å²) in [4.78, 5) is 16.9. The minimum Gasteiger partial charge on any atom is -0.494 e. The van der Waals surface area contributed by atoms with Gasteiger partial charge in [-0.1, -0.05) is 12.1 Å². The second-order valence-electron chi connectivity index (χ2n) is 6.50. The van der Waals surface area contributed by atoms with Crippen molar-refractivity contribution in [3.63, 3.8) is 0 Å². The standard InChI is InChI=1S/C19H20N4O2/c1-11-9-16(20-18-14(11)5-4-6-15(18)25-3)23-17(10-12(2)22-23)21-19(24)13-7-8-13/h4-6,9-10,13H,7-8H2,1-3H3,(H,21,24). The van der Waals surface area contributed by atoms with Crippen LogP contribution in [0.15, 0.2) is 30.3 Å². The highest BCUT2D eigenvalue weighted by molar-refractivity contribution is 5.94. The molecule has 0 saturated heterocycles. The van der Waals surface area contributed by atoms with E-state index in [0.717, 1.165) is 40.8 Å². The molecule has 0 atom stereocenters. The predicted octanol–water partition coefficient (Wildman–Crippen LogP) is 3.39. The van der Waals surface area contributed by atoms with Crippen LogP contribution in [0.5, 0.6) is 5.75 Å². The summed E-state index contributed by atoms with van der Waals surface area (Å²) in [5.41, 5.74) is 2.69. The Kier molecular flexibility index (Phi) is 3.67. The maximum atomic E-state index is 12.2. The molecule has 3 aromatic rings. The van der Waals surface area contributed by atoms with Gasteiger partial charge >= 0.3 is 0 Å². The number of aromatic nitrogens is 3. The van der Waals surface area contributed by atoms with E-state index in [1.54, 1.807) is 11.8 Å². The summed E-state index contributed by atoms with van der Waals surface area (Å²) < 4.78 is 7.14. The number of methoxy groups -OCH3 is 1. The van der Waals surface area contributed by atoms with Gasteiger partial charge in [0.25, 0.3) is 0 Å². The number of hydrogen-bond acceptors (Lipinski definition) is 4. The van der Waals surface area contributed by atoms with E-state index in [4.69, 9.17) is 9.72 Å². The lowest BCUT2D eigenvalue weighted by Crippen LogP contribution is -2.16. The van der Waals surface area contributed by atoms with Crippen molar-refractivity contribution in [2.75, 3.05) is 12.4 Å². The highest BCUT2D eigenvalue weighted by atomic mass is 16.5. The first kappa shape index (κ1) is 15.6. The normalized spacial score (nSPS) is 13.9. The fraction of sp³-hybridized carbons (Fsp3) is 0.316. The number of hydrogen-bond donors (Lipinski definition) is 1. The van der Waals surface area contributed by atoms with Crippen LogP contribution in [0, 0.1) is 19.8 Å². The number of rotatable bonds is 4. The zero-order chi connectivity index (χ0) is 17.6. The van der Waals surface area contributed by atoms with Crippen LogP contribution in [-0.2, 0) is 4.79 Å². The highest BCUT2D eigenvalue weighted by Gasteiger charge is 2.30. The Bertz CT molecular complexity index is 973. The highest BCUT2D eigenvalue weighted by Crippen LogP contribution is 2.31. The quantitative estimate of drug-likeness (QED) is 0.793. The van der Waals surface area contributed by atoms with Gasteiger partial charge in [-0.05, 0) is 44.4 Å². The molecular formula is C19H20N4O2. The van der Waals surface area contributed by atoms with Crippen molar-refractivity contribution < 1.29 is 9.53 Å². The summed E-state index contributed by atoms with van der Waals surface area (Å²) in [5, 5.41) is 8.53. The summed E-state index contributed by atoms with van der Waals surface area (Å²) in [7, 11) is 1.64. The van der Waals surface area contributed by atoms with Crippen LogP contribution in [0.4, 0.5) is 5.82 Å². The molecule has 1 N–H and O–H groups in total. The molecule has 2 heterocycles. The largest absolute Gasteiger partial charge is 0.494 e. The number of nitrogens with zero attached hydrogens (tertiary/aromatic N) is 3. The third-order valence-corrected chi connectivity index (χ3v) is 4.46. The van der Waals surface area contributed by atoms with E-state index >= 15 is 0 Å². The molecule has 128 valence electrons. The monoisotopic (exact) mass is 336 g/mol. The Hall–Kier alpha value is -2.89. The van der Waals surface area contributed by atoms with Crippen molar-refractivity contribution in [1.29, 1.82) is 0 Å². The van der Waals surface area contributed by atoms with Crippen molar-refractivity contribution in [3.8, 4) is 11.6 Å². The first-order valence-corrected chi connectivity index (χ1v) is 8.39. The first-order valence-electron chi connectivity index (χ1n) is 8.39. The van der Waals surface area contributed by atoms with Crippen LogP contribution in [0.25, 0.3) is 16.7 Å². The number of carbonyl (C=O) groups is 1. The van der Waals surface area contributed by atoms with Gasteiger partial charge in [-0.2, -0.15) is 9.78 Å². The van der Waals surface area contributed by atoms with Crippen LogP contribution in [-0.4, -0.2) is 27.8 Å². The van der Waals surface area contributed by atoms with Gasteiger partial charge in [0, 0.05) is 17.4 Å². The molecule has 0 spiro atoms. The number of benzene rings is 1. The molecule has 4 rings (SSSR count). The average molecular weight is 336 g/mol. The van der Waals surface area contributed by atoms with E-state index in [2.05, 4.69) is 10.4 Å². The molecule has 1 aromatic carbocycles. The van der Waals surface area contributed by atoms with Gasteiger partial charge in [-0.15, -0.1) is 0 Å². The lowest BCUT2D eigenvalue weighted by atomic mass is 10.1. The van der Waals surface area contributed by atoms with Crippen LogP contribution in [0.1, 0.15) is 24.1 Å². The number of aryl methyl sites for hydroxylation is 2. The van der Waals surface area contributed by atoms with Gasteiger partial charge < -0.3 is 10.1 Å². The maximum absolute atomic E-state index is 12.2. The van der Waals surface area contributed by atoms with E-state index in [9.17, 15) is 4.79 Å². The van der Waals surface area contributed by atoms with Crippen molar-refractivity contribution in [2.24, 2.45) is 5.92 Å². The van der Waals surface area contributed by atoms with Crippen LogP contribution in [0.2, 0.25) is 0 Å². The molecule has 1 fully saturated rings. The molecule has 1 amide bonds. The van der Waals surface area contributed by atoms with E-state index in [1.165, 1.54) is 0 Å². The molecule has 0 radical (unpaired) electrons. The van der Waals surface area contributed by atoms with E-state index in [-0.39, 0.29) is 11.8 Å². The van der Waals surface area contributed by atoms with E-state index in [1.807, 2.05) is 44.2 Å². The zero-order valence-electron chi connectivity index (χ0n) is 14.5. The van der Waals surface area contributed by atoms with Gasteiger partial charge in [-0.3, -0.25) is 4.79 Å². The lowest BCUT2D eigenvalue weighted by molar-refractivity contribution is -0.117. The zero-order valence-corrected chi connectivity index (χ0v) is 14.5. The van der Waals surface area contributed by atoms with Gasteiger partial charge in [0.05, 0.1) is 12.8 Å². The van der Waals surface area contributed by atoms with Crippen molar-refractivity contribution in [3.05, 3.63) is 41.6 Å². The lowest BCUT2D eigenvalue weighted by Gasteiger charge is -2.12. The molecule has 6 heteroatoms. The van der Waals surface area contributed by atoms with Gasteiger partial charge in [-0.25, -0.2) is 4.98 Å². The minimum atomic E-state index is 0.0521. The van der Waals surface area contributed by atoms with Crippen LogP contribution < -0.4 is 10.1 Å². The Balaban J connectivity index is 1.83. The first-order chi connectivity index (χ1) is 12.1. The summed E-state index contributed by atoms with van der Waals surface area (Å²) in [5.74, 6) is 2.21. The van der Waals surface area contributed by atoms with Crippen molar-refractivity contribution >= 4 is 22.6 Å². The summed E-state index contributed by atoms with van der Waals surface area (Å²) in [6.45, 7) is 3.93. The molecule has 0 unspecified atom stereocenters. The number of amides is 1. The van der Waals surface area contributed by atoms with Gasteiger partial charge in [0.1, 0.15) is 17.1 Å². The molecule has 25 heavy (non-hydrogen) atoms. The number of nitrogens with one attached hydrogen (secondary N) is 1. The molecule has 6 nitrogen and oxygen atoms in total. The number of fused-ring (bicyclic) bond motifs is 1. The fourth-order valence-corrected chi connectivity index (χ4v) is 2.98. The Labute approximate surface area is 145 Å². The number of para-hydroxylation sites is 1. The van der Waals surface area contributed by atoms with Crippen molar-refractivity contribution in [2.45, 2.75) is 26.7 Å². The molecule has 1 aliphatic carbocycles. The van der Waals surface area contributed by atoms with Crippen LogP contribution >= 0.6 is 0 Å². The fourth-order valence-electron chi connectivity index (χ4n) is 2.98. The van der Waals surface area contributed by atoms with Gasteiger partial charge in [0.2, 0.25) is 5.91 Å². The SMILES string of the molecule is COc1cccc2c(C)cc(-n3nc(C)cc3NC(=O)C3CC3)nc12. The van der Waals surface area contributed by atoms with Gasteiger partial charge in [0.15, 0.2) is 5.82 Å². The molecular weight excluding hydrogens is 316 g/mol. The van der Waals surface area contributed by atoms with E-state index < -0.39 is 0 Å². The molecule has 1 aliphatic rings. The summed E-state index contributed by atoms with van der Waals surface area (Å²) in [6.07, 6.45) is 1.92. The Morgan fingerprint density at radius 2 is 2.08 bits per heavy atom. The van der Waals surface area contributed by atoms with E-state index in [0.29, 0.717) is 11.6 Å². The Morgan fingerprint density at radius 1 is 1.28 bits per heavy atom. The topological polar surface area (TPSA) is 69.0 Å². The Morgan fingerprint density at radius 3 is 2.80 bits per heavy atom. The number of anilines is 1. The third kappa shape index (κ3) is 2.84. The smallest absolute Gasteiger partial charge is 0.228 e. The molecule has 0 aliphatic heterocycles. The average Bonchev–Trinajstić information content (AvgIpc) is 3.38. The third-order valence-electron chi connectivity index (χ3n) is 4.46. The summed E-state index contributed by atoms with van der Waals surface area (Å²) >= 11 is 0. The second-order valence-corrected chi connectivity index (χ2v) is 6.50. The summed E-state index contributed by atoms with van der Waals surface area (Å²) in [6, 6.07) is 9.70. The second kappa shape index (κ2) is 5.88. The predicted molar refractivity (Wildman–Crippen MR) is 96.2 cm³/mol. The van der Waals surface area contributed by atoms with Crippen LogP contribution in [0.3, 0.4) is 0 Å². The number of ether oxygens (including phenoxy) is 1. The molecule has 1 saturated carbocycles. The van der Waals surface area contributed by atoms with Crippen molar-refractivity contribution in [1.82, 2.24) is 14.8 Å². The molecule has 0 bridgehead atoms. The molecule has 2 aromatic heterocycles. The minimum absolute atomic E-state index is 0.0521. The maximum Gasteiger partial charge on any atom is 0.228 e.